The van der Waals surface area contributed by atoms with Gasteiger partial charge in [-0.25, -0.2) is 9.97 Å². The van der Waals surface area contributed by atoms with Crippen molar-refractivity contribution in [3.63, 3.8) is 0 Å². The molecule has 1 fully saturated rings. The molecule has 1 atom stereocenters. The zero-order valence-electron chi connectivity index (χ0n) is 26.7. The maximum atomic E-state index is 14.5. The first kappa shape index (κ1) is 30.4. The van der Waals surface area contributed by atoms with Crippen molar-refractivity contribution in [1.29, 1.82) is 0 Å². The summed E-state index contributed by atoms with van der Waals surface area (Å²) >= 11 is 13.1. The normalized spacial score (nSPS) is 15.3. The fourth-order valence-corrected chi connectivity index (χ4v) is 7.70. The quantitative estimate of drug-likeness (QED) is 0.182. The Labute approximate surface area is 298 Å². The van der Waals surface area contributed by atoms with E-state index in [0.29, 0.717) is 21.4 Å². The average molecular weight is 698 g/mol. The monoisotopic (exact) mass is 696 g/mol. The molecule has 0 aliphatic carbocycles. The highest BCUT2D eigenvalue weighted by atomic mass is 35.5. The second-order valence-electron chi connectivity index (χ2n) is 12.5. The van der Waals surface area contributed by atoms with E-state index in [4.69, 9.17) is 33.2 Å². The van der Waals surface area contributed by atoms with Crippen molar-refractivity contribution in [2.75, 3.05) is 41.3 Å². The number of hydrogen-bond acceptors (Lipinski definition) is 6. The van der Waals surface area contributed by atoms with Gasteiger partial charge >= 0.3 is 0 Å². The number of nitrogens with zero attached hydrogens (tertiary/aromatic N) is 6. The summed E-state index contributed by atoms with van der Waals surface area (Å²) in [5, 5.41) is 5.37. The summed E-state index contributed by atoms with van der Waals surface area (Å²) < 4.78 is 2.14. The van der Waals surface area contributed by atoms with Crippen LogP contribution in [0, 0.1) is 0 Å². The molecule has 1 saturated heterocycles. The Bertz CT molecular complexity index is 2370. The second kappa shape index (κ2) is 12.4. The van der Waals surface area contributed by atoms with Crippen LogP contribution in [0.2, 0.25) is 10.0 Å². The van der Waals surface area contributed by atoms with E-state index in [-0.39, 0.29) is 11.9 Å². The van der Waals surface area contributed by atoms with Crippen LogP contribution < -0.4 is 15.1 Å². The minimum absolute atomic E-state index is 0.247. The maximum absolute atomic E-state index is 14.5. The zero-order valence-corrected chi connectivity index (χ0v) is 28.2. The van der Waals surface area contributed by atoms with Gasteiger partial charge in [0.25, 0.3) is 5.91 Å². The highest BCUT2D eigenvalue weighted by Crippen LogP contribution is 2.50. The summed E-state index contributed by atoms with van der Waals surface area (Å²) in [7, 11) is 0. The van der Waals surface area contributed by atoms with Crippen molar-refractivity contribution in [3.8, 4) is 22.5 Å². The lowest BCUT2D eigenvalue weighted by Gasteiger charge is -2.37. The van der Waals surface area contributed by atoms with Crippen LogP contribution in [0.1, 0.15) is 27.7 Å². The molecule has 9 nitrogen and oxygen atoms in total. The molecule has 0 saturated carbocycles. The number of imidazole rings is 1. The highest BCUT2D eigenvalue weighted by Gasteiger charge is 2.36. The topological polar surface area (TPSA) is 95.0 Å². The number of halogens is 2. The van der Waals surface area contributed by atoms with E-state index in [9.17, 15) is 4.79 Å². The highest BCUT2D eigenvalue weighted by molar-refractivity contribution is 6.32. The Balaban J connectivity index is 1.14. The molecule has 1 amide bonds. The number of carbonyl (C=O) groups is 1. The van der Waals surface area contributed by atoms with Crippen LogP contribution in [0.25, 0.3) is 33.4 Å². The number of amides is 1. The standard InChI is InChI=1S/C39H30Cl2N8O/c40-26-12-10-25(11-13-26)36-29-20-27(41)21-31-32(29)33(37-34(44-23-49(36)37)24-6-2-1-3-7-24)35(45-31)39(50)46-30-9-5-15-43-38(30)48-18-16-47(17-19-48)28-8-4-14-42-22-28/h1-15,20-23,36,45H,16-19H2,(H,46,50)/t36-/m1/s1. The van der Waals surface area contributed by atoms with Crippen LogP contribution in [0.15, 0.2) is 116 Å². The first-order valence-corrected chi connectivity index (χ1v) is 17.2. The molecule has 9 rings (SSSR count). The van der Waals surface area contributed by atoms with Crippen molar-refractivity contribution in [2.24, 2.45) is 0 Å². The Kier molecular flexibility index (Phi) is 7.52. The van der Waals surface area contributed by atoms with Crippen molar-refractivity contribution < 1.29 is 4.79 Å². The van der Waals surface area contributed by atoms with Crippen LogP contribution in [0.5, 0.6) is 0 Å². The molecular weight excluding hydrogens is 667 g/mol. The Morgan fingerprint density at radius 1 is 0.820 bits per heavy atom. The maximum Gasteiger partial charge on any atom is 0.272 e. The lowest BCUT2D eigenvalue weighted by atomic mass is 9.88. The van der Waals surface area contributed by atoms with E-state index < -0.39 is 0 Å². The van der Waals surface area contributed by atoms with E-state index in [1.54, 1.807) is 12.4 Å². The number of pyridine rings is 2. The molecule has 0 radical (unpaired) electrons. The largest absolute Gasteiger partial charge is 0.367 e. The second-order valence-corrected chi connectivity index (χ2v) is 13.3. The number of nitrogens with one attached hydrogen (secondary N) is 2. The smallest absolute Gasteiger partial charge is 0.272 e. The SMILES string of the molecule is O=C(Nc1cccnc1N1CCN(c2cccnc2)CC1)c1[nH]c2cc(Cl)cc3c2c1-c1c(-c2ccccc2)ncn1[C@@H]3c1ccc(Cl)cc1. The number of H-pyrrole nitrogens is 1. The number of rotatable bonds is 6. The van der Waals surface area contributed by atoms with Crippen LogP contribution >= 0.6 is 23.2 Å². The van der Waals surface area contributed by atoms with Gasteiger partial charge in [-0.1, -0.05) is 65.7 Å². The number of piperazine rings is 1. The minimum Gasteiger partial charge on any atom is -0.367 e. The van der Waals surface area contributed by atoms with E-state index in [1.807, 2.05) is 97.5 Å². The van der Waals surface area contributed by atoms with Gasteiger partial charge in [-0.15, -0.1) is 0 Å². The number of aromatic amines is 1. The molecule has 3 aromatic carbocycles. The lowest BCUT2D eigenvalue weighted by molar-refractivity contribution is 0.102. The molecule has 0 bridgehead atoms. The van der Waals surface area contributed by atoms with Gasteiger partial charge in [0.05, 0.1) is 41.3 Å². The summed E-state index contributed by atoms with van der Waals surface area (Å²) in [6.45, 7) is 3.12. The molecule has 11 heteroatoms. The van der Waals surface area contributed by atoms with Crippen molar-refractivity contribution in [1.82, 2.24) is 24.5 Å². The molecule has 50 heavy (non-hydrogen) atoms. The molecule has 2 aliphatic rings. The number of aromatic nitrogens is 5. The summed E-state index contributed by atoms with van der Waals surface area (Å²) in [5.74, 6) is 0.455. The first-order valence-electron chi connectivity index (χ1n) is 16.4. The summed E-state index contributed by atoms with van der Waals surface area (Å²) in [5.41, 5.74) is 8.30. The van der Waals surface area contributed by atoms with Crippen molar-refractivity contribution in [2.45, 2.75) is 6.04 Å². The number of fused-ring (bicyclic) bond motifs is 2. The Morgan fingerprint density at radius 2 is 1.60 bits per heavy atom. The molecule has 0 spiro atoms. The molecule has 0 unspecified atom stereocenters. The average Bonchev–Trinajstić information content (AvgIpc) is 3.76. The van der Waals surface area contributed by atoms with E-state index in [0.717, 1.165) is 82.2 Å². The number of benzene rings is 3. The van der Waals surface area contributed by atoms with Crippen LogP contribution in [-0.4, -0.2) is 56.6 Å². The van der Waals surface area contributed by atoms with Gasteiger partial charge in [0, 0.05) is 70.6 Å². The number of anilines is 3. The molecule has 2 N–H and O–H groups in total. The minimum atomic E-state index is -0.279. The number of hydrogen-bond donors (Lipinski definition) is 2. The predicted molar refractivity (Wildman–Crippen MR) is 200 cm³/mol. The fraction of sp³-hybridized carbons (Fsp3) is 0.128. The molecule has 7 aromatic rings. The third kappa shape index (κ3) is 5.17. The lowest BCUT2D eigenvalue weighted by Crippen LogP contribution is -2.47. The molecule has 2 aliphatic heterocycles. The van der Waals surface area contributed by atoms with Gasteiger partial charge in [0.1, 0.15) is 5.69 Å². The van der Waals surface area contributed by atoms with Crippen molar-refractivity contribution >= 4 is 57.2 Å². The van der Waals surface area contributed by atoms with Gasteiger partial charge in [-0.05, 0) is 59.7 Å². The van der Waals surface area contributed by atoms with E-state index in [1.165, 1.54) is 0 Å². The fourth-order valence-electron chi connectivity index (χ4n) is 7.35. The molecular formula is C39H30Cl2N8O. The molecule has 246 valence electrons. The summed E-state index contributed by atoms with van der Waals surface area (Å²) in [6.07, 6.45) is 7.29. The van der Waals surface area contributed by atoms with Crippen LogP contribution in [-0.2, 0) is 0 Å². The van der Waals surface area contributed by atoms with E-state index >= 15 is 0 Å². The van der Waals surface area contributed by atoms with Crippen LogP contribution in [0.4, 0.5) is 17.2 Å². The summed E-state index contributed by atoms with van der Waals surface area (Å²) in [6, 6.07) is 29.3. The zero-order chi connectivity index (χ0) is 33.8. The van der Waals surface area contributed by atoms with E-state index in [2.05, 4.69) is 35.7 Å². The van der Waals surface area contributed by atoms with Gasteiger partial charge in [0.15, 0.2) is 5.82 Å². The van der Waals surface area contributed by atoms with Crippen molar-refractivity contribution in [3.05, 3.63) is 143 Å². The third-order valence-corrected chi connectivity index (χ3v) is 10.1. The summed E-state index contributed by atoms with van der Waals surface area (Å²) in [4.78, 5) is 36.5. The third-order valence-electron chi connectivity index (χ3n) is 9.58. The molecule has 4 aromatic heterocycles. The van der Waals surface area contributed by atoms with Gasteiger partial charge in [-0.2, -0.15) is 0 Å². The van der Waals surface area contributed by atoms with Gasteiger partial charge in [0.2, 0.25) is 0 Å². The Morgan fingerprint density at radius 3 is 2.38 bits per heavy atom. The first-order chi connectivity index (χ1) is 24.5. The number of carbonyl (C=O) groups excluding carboxylic acids is 1. The van der Waals surface area contributed by atoms with Crippen LogP contribution in [0.3, 0.4) is 0 Å². The predicted octanol–water partition coefficient (Wildman–Crippen LogP) is 8.33. The molecule has 6 heterocycles. The van der Waals surface area contributed by atoms with Gasteiger partial charge < -0.3 is 24.7 Å². The Hall–Kier alpha value is -5.64. The van der Waals surface area contributed by atoms with Gasteiger partial charge in [-0.3, -0.25) is 9.78 Å².